The quantitative estimate of drug-likeness (QED) is 0.585. The van der Waals surface area contributed by atoms with Crippen molar-refractivity contribution >= 4 is 34.8 Å². The molecule has 0 bridgehead atoms. The van der Waals surface area contributed by atoms with E-state index in [1.807, 2.05) is 28.0 Å². The molecule has 6 N–H and O–H groups in total. The van der Waals surface area contributed by atoms with Gasteiger partial charge in [-0.25, -0.2) is 0 Å². The zero-order valence-corrected chi connectivity index (χ0v) is 17.9. The molecule has 1 fully saturated rings. The smallest absolute Gasteiger partial charge is 0.218 e. The number of carbonyl (C=O) groups excluding carboxylic acids is 1. The first-order valence-electron chi connectivity index (χ1n) is 9.56. The van der Waals surface area contributed by atoms with Crippen LogP contribution in [-0.4, -0.2) is 47.9 Å². The highest BCUT2D eigenvalue weighted by Crippen LogP contribution is 2.35. The van der Waals surface area contributed by atoms with E-state index in [1.54, 1.807) is 18.2 Å². The Hall–Kier alpha value is -2.34. The van der Waals surface area contributed by atoms with E-state index >= 15 is 0 Å². The molecule has 0 aromatic heterocycles. The zero-order chi connectivity index (χ0) is 21.8. The van der Waals surface area contributed by atoms with E-state index in [-0.39, 0.29) is 18.4 Å². The fraction of sp³-hybridized carbons (Fsp3) is 0.333. The molecular formula is C21H24Cl2N6O. The van der Waals surface area contributed by atoms with Gasteiger partial charge in [0, 0.05) is 54.4 Å². The maximum atomic E-state index is 11.1. The molecule has 0 saturated carbocycles. The number of benzene rings is 2. The Balaban J connectivity index is 1.82. The molecule has 9 heteroatoms. The lowest BCUT2D eigenvalue weighted by atomic mass is 9.99. The van der Waals surface area contributed by atoms with Gasteiger partial charge in [-0.2, -0.15) is 5.26 Å². The van der Waals surface area contributed by atoms with Crippen molar-refractivity contribution < 1.29 is 4.79 Å². The standard InChI is InChI=1S/C21H24Cl2N6O/c22-14-3-1-13(2-4-14)16-9-17(19(25)10-18(16)23)21(27)29-8-7-28(6-5-20(26)30)15(11-24)12-29/h1-4,9-10,15,21H,5-8,12,25,27H2,(H2,26,30). The first-order valence-corrected chi connectivity index (χ1v) is 10.3. The van der Waals surface area contributed by atoms with Gasteiger partial charge < -0.3 is 17.2 Å². The summed E-state index contributed by atoms with van der Waals surface area (Å²) in [4.78, 5) is 15.0. The van der Waals surface area contributed by atoms with Gasteiger partial charge in [-0.15, -0.1) is 0 Å². The van der Waals surface area contributed by atoms with Crippen LogP contribution in [0, 0.1) is 11.3 Å². The van der Waals surface area contributed by atoms with E-state index in [0.717, 1.165) is 16.7 Å². The molecule has 30 heavy (non-hydrogen) atoms. The maximum absolute atomic E-state index is 11.1. The maximum Gasteiger partial charge on any atom is 0.218 e. The third-order valence-corrected chi connectivity index (χ3v) is 5.92. The Labute approximate surface area is 185 Å². The molecule has 1 amide bonds. The summed E-state index contributed by atoms with van der Waals surface area (Å²) in [5.41, 5.74) is 21.0. The molecule has 2 unspecified atom stereocenters. The van der Waals surface area contributed by atoms with Crippen LogP contribution in [0.1, 0.15) is 18.2 Å². The molecule has 7 nitrogen and oxygen atoms in total. The fourth-order valence-corrected chi connectivity index (χ4v) is 4.05. The Morgan fingerprint density at radius 3 is 2.57 bits per heavy atom. The molecule has 2 aromatic carbocycles. The number of piperazine rings is 1. The second-order valence-corrected chi connectivity index (χ2v) is 8.15. The predicted molar refractivity (Wildman–Crippen MR) is 120 cm³/mol. The average molecular weight is 447 g/mol. The van der Waals surface area contributed by atoms with E-state index in [2.05, 4.69) is 6.07 Å². The average Bonchev–Trinajstić information content (AvgIpc) is 2.72. The third kappa shape index (κ3) is 5.04. The summed E-state index contributed by atoms with van der Waals surface area (Å²) in [6.45, 7) is 2.14. The van der Waals surface area contributed by atoms with Crippen LogP contribution >= 0.6 is 23.2 Å². The molecule has 0 aliphatic carbocycles. The second-order valence-electron chi connectivity index (χ2n) is 7.30. The molecule has 1 saturated heterocycles. The largest absolute Gasteiger partial charge is 0.398 e. The number of primary amides is 1. The topological polar surface area (TPSA) is 125 Å². The molecule has 1 aliphatic heterocycles. The first kappa shape index (κ1) is 22.3. The van der Waals surface area contributed by atoms with Crippen molar-refractivity contribution in [2.75, 3.05) is 31.9 Å². The number of nitrogens with two attached hydrogens (primary N) is 3. The van der Waals surface area contributed by atoms with Gasteiger partial charge in [0.15, 0.2) is 0 Å². The Kier molecular flexibility index (Phi) is 7.19. The Bertz CT molecular complexity index is 959. The van der Waals surface area contributed by atoms with Crippen molar-refractivity contribution in [1.82, 2.24) is 9.80 Å². The second kappa shape index (κ2) is 9.65. The van der Waals surface area contributed by atoms with Crippen molar-refractivity contribution in [1.29, 1.82) is 5.26 Å². The number of anilines is 1. The number of nitrogen functional groups attached to an aromatic ring is 1. The molecule has 0 radical (unpaired) electrons. The van der Waals surface area contributed by atoms with Gasteiger partial charge in [-0.05, 0) is 29.8 Å². The summed E-state index contributed by atoms with van der Waals surface area (Å²) in [5, 5.41) is 10.7. The molecule has 2 atom stereocenters. The van der Waals surface area contributed by atoms with Gasteiger partial charge in [0.1, 0.15) is 6.04 Å². The first-order chi connectivity index (χ1) is 14.3. The van der Waals surface area contributed by atoms with Crippen molar-refractivity contribution in [3.63, 3.8) is 0 Å². The zero-order valence-electron chi connectivity index (χ0n) is 16.4. The van der Waals surface area contributed by atoms with E-state index in [0.29, 0.717) is 41.9 Å². The molecule has 2 aromatic rings. The minimum absolute atomic E-state index is 0.221. The van der Waals surface area contributed by atoms with E-state index in [1.165, 1.54) is 0 Å². The van der Waals surface area contributed by atoms with Gasteiger partial charge in [0.05, 0.1) is 17.3 Å². The number of carbonyl (C=O) groups is 1. The lowest BCUT2D eigenvalue weighted by Crippen LogP contribution is -2.55. The van der Waals surface area contributed by atoms with Gasteiger partial charge in [-0.3, -0.25) is 14.6 Å². The van der Waals surface area contributed by atoms with Gasteiger partial charge in [-0.1, -0.05) is 35.3 Å². The normalized spacial score (nSPS) is 18.7. The molecular weight excluding hydrogens is 423 g/mol. The van der Waals surface area contributed by atoms with Crippen LogP contribution in [0.15, 0.2) is 36.4 Å². The number of nitriles is 1. The Morgan fingerprint density at radius 1 is 1.23 bits per heavy atom. The summed E-state index contributed by atoms with van der Waals surface area (Å²) in [6.07, 6.45) is -0.277. The highest BCUT2D eigenvalue weighted by molar-refractivity contribution is 6.33. The van der Waals surface area contributed by atoms with Crippen LogP contribution in [-0.2, 0) is 4.79 Å². The number of amides is 1. The SMILES string of the molecule is N#CC1CN(C(N)c2cc(-c3ccc(Cl)cc3)c(Cl)cc2N)CCN1CCC(N)=O. The van der Waals surface area contributed by atoms with Crippen molar-refractivity contribution in [3.8, 4) is 17.2 Å². The minimum Gasteiger partial charge on any atom is -0.398 e. The summed E-state index contributed by atoms with van der Waals surface area (Å²) in [7, 11) is 0. The van der Waals surface area contributed by atoms with E-state index < -0.39 is 6.17 Å². The molecule has 3 rings (SSSR count). The van der Waals surface area contributed by atoms with Crippen molar-refractivity contribution in [3.05, 3.63) is 52.0 Å². The van der Waals surface area contributed by atoms with Crippen LogP contribution in [0.25, 0.3) is 11.1 Å². The molecule has 1 heterocycles. The van der Waals surface area contributed by atoms with Crippen LogP contribution in [0.3, 0.4) is 0 Å². The van der Waals surface area contributed by atoms with Crippen LogP contribution < -0.4 is 17.2 Å². The van der Waals surface area contributed by atoms with Crippen LogP contribution in [0.2, 0.25) is 10.0 Å². The fourth-order valence-electron chi connectivity index (χ4n) is 3.65. The lowest BCUT2D eigenvalue weighted by molar-refractivity contribution is -0.118. The number of rotatable bonds is 6. The summed E-state index contributed by atoms with van der Waals surface area (Å²) >= 11 is 12.4. The molecule has 1 aliphatic rings. The van der Waals surface area contributed by atoms with Gasteiger partial charge in [0.2, 0.25) is 5.91 Å². The van der Waals surface area contributed by atoms with Gasteiger partial charge >= 0.3 is 0 Å². The van der Waals surface area contributed by atoms with E-state index in [9.17, 15) is 10.1 Å². The third-order valence-electron chi connectivity index (χ3n) is 5.36. The van der Waals surface area contributed by atoms with Crippen molar-refractivity contribution in [2.45, 2.75) is 18.6 Å². The minimum atomic E-state index is -0.498. The predicted octanol–water partition coefficient (Wildman–Crippen LogP) is 2.59. The summed E-state index contributed by atoms with van der Waals surface area (Å²) in [6, 6.07) is 12.9. The van der Waals surface area contributed by atoms with Gasteiger partial charge in [0.25, 0.3) is 0 Å². The van der Waals surface area contributed by atoms with Crippen LogP contribution in [0.4, 0.5) is 5.69 Å². The number of hydrogen-bond acceptors (Lipinski definition) is 6. The summed E-state index contributed by atoms with van der Waals surface area (Å²) < 4.78 is 0. The van der Waals surface area contributed by atoms with E-state index in [4.69, 9.17) is 40.4 Å². The van der Waals surface area contributed by atoms with Crippen LogP contribution in [0.5, 0.6) is 0 Å². The monoisotopic (exact) mass is 446 g/mol. The highest BCUT2D eigenvalue weighted by atomic mass is 35.5. The number of hydrogen-bond donors (Lipinski definition) is 3. The Morgan fingerprint density at radius 2 is 1.93 bits per heavy atom. The number of halogens is 2. The summed E-state index contributed by atoms with van der Waals surface area (Å²) in [5.74, 6) is -0.380. The highest BCUT2D eigenvalue weighted by Gasteiger charge is 2.31. The molecule has 0 spiro atoms. The molecule has 158 valence electrons. The number of nitrogens with zero attached hydrogens (tertiary/aromatic N) is 3. The van der Waals surface area contributed by atoms with Crippen molar-refractivity contribution in [2.24, 2.45) is 11.5 Å². The lowest BCUT2D eigenvalue weighted by Gasteiger charge is -2.41.